The summed E-state index contributed by atoms with van der Waals surface area (Å²) in [6.45, 7) is 6.11. The van der Waals surface area contributed by atoms with Crippen molar-refractivity contribution in [2.75, 3.05) is 13.7 Å². The number of amides is 2. The number of hydrogen-bond donors (Lipinski definition) is 2. The van der Waals surface area contributed by atoms with E-state index in [1.165, 1.54) is 7.11 Å². The van der Waals surface area contributed by atoms with Crippen molar-refractivity contribution < 1.29 is 23.8 Å². The molecule has 0 aliphatic heterocycles. The van der Waals surface area contributed by atoms with E-state index in [0.29, 0.717) is 13.2 Å². The zero-order valence-corrected chi connectivity index (χ0v) is 17.9. The number of hydrogen-bond acceptors (Lipinski definition) is 5. The van der Waals surface area contributed by atoms with Gasteiger partial charge in [0.05, 0.1) is 6.61 Å². The van der Waals surface area contributed by atoms with E-state index in [-0.39, 0.29) is 12.5 Å². The van der Waals surface area contributed by atoms with Gasteiger partial charge in [-0.05, 0) is 44.0 Å². The zero-order valence-electron chi connectivity index (χ0n) is 17.9. The molecule has 7 heteroatoms. The minimum absolute atomic E-state index is 0.0390. The molecule has 0 heterocycles. The molecule has 0 fully saturated rings. The SMILES string of the molecule is COC[C@@H](NC(=O)OC(C)(C)C)C(=O)NCc1ccc(OCc2ccccc2)cc1. The Bertz CT molecular complexity index is 801. The number of nitrogens with one attached hydrogen (secondary N) is 2. The van der Waals surface area contributed by atoms with Crippen molar-refractivity contribution >= 4 is 12.0 Å². The molecule has 0 saturated heterocycles. The van der Waals surface area contributed by atoms with Gasteiger partial charge in [-0.3, -0.25) is 4.79 Å². The first kappa shape index (κ1) is 23.2. The van der Waals surface area contributed by atoms with Crippen LogP contribution < -0.4 is 15.4 Å². The summed E-state index contributed by atoms with van der Waals surface area (Å²) in [7, 11) is 1.46. The van der Waals surface area contributed by atoms with Gasteiger partial charge in [0.2, 0.25) is 5.91 Å². The lowest BCUT2D eigenvalue weighted by Gasteiger charge is -2.23. The standard InChI is InChI=1S/C23H30N2O5/c1-23(2,3)30-22(27)25-20(16-28-4)21(26)24-14-17-10-12-19(13-11-17)29-15-18-8-6-5-7-9-18/h5-13,20H,14-16H2,1-4H3,(H,24,26)(H,25,27)/t20-/m1/s1. The van der Waals surface area contributed by atoms with E-state index in [9.17, 15) is 9.59 Å². The van der Waals surface area contributed by atoms with E-state index in [1.807, 2.05) is 54.6 Å². The molecule has 2 aromatic rings. The van der Waals surface area contributed by atoms with Gasteiger partial charge in [0.25, 0.3) is 0 Å². The highest BCUT2D eigenvalue weighted by atomic mass is 16.6. The summed E-state index contributed by atoms with van der Waals surface area (Å²) in [6.07, 6.45) is -0.667. The Morgan fingerprint density at radius 2 is 1.63 bits per heavy atom. The molecule has 162 valence electrons. The number of methoxy groups -OCH3 is 1. The summed E-state index contributed by atoms with van der Waals surface area (Å²) in [5.41, 5.74) is 1.35. The smallest absolute Gasteiger partial charge is 0.408 e. The molecule has 2 amide bonds. The Morgan fingerprint density at radius 1 is 0.967 bits per heavy atom. The minimum Gasteiger partial charge on any atom is -0.489 e. The first-order valence-electron chi connectivity index (χ1n) is 9.78. The third kappa shape index (κ3) is 8.53. The van der Waals surface area contributed by atoms with Crippen LogP contribution >= 0.6 is 0 Å². The Kier molecular flexibility index (Phi) is 8.68. The zero-order chi connectivity index (χ0) is 22.0. The number of ether oxygens (including phenoxy) is 3. The highest BCUT2D eigenvalue weighted by molar-refractivity contribution is 5.85. The lowest BCUT2D eigenvalue weighted by atomic mass is 10.2. The normalized spacial score (nSPS) is 12.0. The number of alkyl carbamates (subject to hydrolysis) is 1. The van der Waals surface area contributed by atoms with Crippen molar-refractivity contribution in [3.8, 4) is 5.75 Å². The van der Waals surface area contributed by atoms with Gasteiger partial charge in [0, 0.05) is 13.7 Å². The summed E-state index contributed by atoms with van der Waals surface area (Å²) < 4.78 is 16.0. The number of carbonyl (C=O) groups is 2. The number of rotatable bonds is 9. The van der Waals surface area contributed by atoms with Crippen LogP contribution in [0.5, 0.6) is 5.75 Å². The van der Waals surface area contributed by atoms with Gasteiger partial charge in [-0.25, -0.2) is 4.79 Å². The summed E-state index contributed by atoms with van der Waals surface area (Å²) in [6, 6.07) is 16.5. The first-order valence-corrected chi connectivity index (χ1v) is 9.78. The molecule has 30 heavy (non-hydrogen) atoms. The number of benzene rings is 2. The summed E-state index contributed by atoms with van der Waals surface area (Å²) in [5.74, 6) is 0.393. The molecule has 1 atom stereocenters. The van der Waals surface area contributed by atoms with E-state index < -0.39 is 17.7 Å². The maximum atomic E-state index is 12.4. The molecule has 0 spiro atoms. The second-order valence-corrected chi connectivity index (χ2v) is 7.79. The third-order valence-electron chi connectivity index (χ3n) is 3.98. The second-order valence-electron chi connectivity index (χ2n) is 7.79. The predicted molar refractivity (Wildman–Crippen MR) is 114 cm³/mol. The maximum Gasteiger partial charge on any atom is 0.408 e. The van der Waals surface area contributed by atoms with Gasteiger partial charge in [0.15, 0.2) is 0 Å². The van der Waals surface area contributed by atoms with Crippen LogP contribution in [0.25, 0.3) is 0 Å². The van der Waals surface area contributed by atoms with Gasteiger partial charge >= 0.3 is 6.09 Å². The monoisotopic (exact) mass is 414 g/mol. The number of carbonyl (C=O) groups excluding carboxylic acids is 2. The van der Waals surface area contributed by atoms with E-state index in [1.54, 1.807) is 20.8 Å². The lowest BCUT2D eigenvalue weighted by Crippen LogP contribution is -2.50. The predicted octanol–water partition coefficient (Wildman–Crippen LogP) is 3.42. The van der Waals surface area contributed by atoms with Crippen molar-refractivity contribution in [2.45, 2.75) is 45.6 Å². The molecule has 0 aliphatic carbocycles. The van der Waals surface area contributed by atoms with Crippen LogP contribution in [0.4, 0.5) is 4.79 Å². The highest BCUT2D eigenvalue weighted by Crippen LogP contribution is 2.14. The largest absolute Gasteiger partial charge is 0.489 e. The average Bonchev–Trinajstić information content (AvgIpc) is 2.70. The molecular weight excluding hydrogens is 384 g/mol. The third-order valence-corrected chi connectivity index (χ3v) is 3.98. The van der Waals surface area contributed by atoms with E-state index in [4.69, 9.17) is 14.2 Å². The van der Waals surface area contributed by atoms with Gasteiger partial charge < -0.3 is 24.8 Å². The summed E-state index contributed by atoms with van der Waals surface area (Å²) in [5, 5.41) is 5.33. The molecule has 0 aromatic heterocycles. The van der Waals surface area contributed by atoms with Gasteiger partial charge in [-0.2, -0.15) is 0 Å². The Balaban J connectivity index is 1.83. The van der Waals surface area contributed by atoms with Crippen LogP contribution in [0.2, 0.25) is 0 Å². The molecule has 0 saturated carbocycles. The molecule has 2 aromatic carbocycles. The minimum atomic E-state index is -0.849. The van der Waals surface area contributed by atoms with E-state index >= 15 is 0 Å². The molecule has 2 N–H and O–H groups in total. The van der Waals surface area contributed by atoms with Crippen molar-refractivity contribution in [3.05, 3.63) is 65.7 Å². The van der Waals surface area contributed by atoms with E-state index in [2.05, 4.69) is 10.6 Å². The van der Waals surface area contributed by atoms with Gasteiger partial charge in [-0.15, -0.1) is 0 Å². The van der Waals surface area contributed by atoms with E-state index in [0.717, 1.165) is 16.9 Å². The fourth-order valence-corrected chi connectivity index (χ4v) is 2.56. The second kappa shape index (κ2) is 11.2. The highest BCUT2D eigenvalue weighted by Gasteiger charge is 2.24. The summed E-state index contributed by atoms with van der Waals surface area (Å²) in [4.78, 5) is 24.4. The molecule has 0 bridgehead atoms. The summed E-state index contributed by atoms with van der Waals surface area (Å²) >= 11 is 0. The van der Waals surface area contributed by atoms with Crippen LogP contribution in [0, 0.1) is 0 Å². The Labute approximate surface area is 177 Å². The van der Waals surface area contributed by atoms with Crippen molar-refractivity contribution in [3.63, 3.8) is 0 Å². The topological polar surface area (TPSA) is 85.9 Å². The van der Waals surface area contributed by atoms with Crippen LogP contribution in [-0.2, 0) is 27.4 Å². The molecule has 0 aliphatic rings. The molecular formula is C23H30N2O5. The van der Waals surface area contributed by atoms with Gasteiger partial charge in [-0.1, -0.05) is 42.5 Å². The van der Waals surface area contributed by atoms with Crippen molar-refractivity contribution in [1.82, 2.24) is 10.6 Å². The Hall–Kier alpha value is -3.06. The maximum absolute atomic E-state index is 12.4. The van der Waals surface area contributed by atoms with Crippen molar-refractivity contribution in [1.29, 1.82) is 0 Å². The van der Waals surface area contributed by atoms with Crippen LogP contribution in [0.3, 0.4) is 0 Å². The van der Waals surface area contributed by atoms with Crippen molar-refractivity contribution in [2.24, 2.45) is 0 Å². The average molecular weight is 415 g/mol. The fourth-order valence-electron chi connectivity index (χ4n) is 2.56. The van der Waals surface area contributed by atoms with Crippen LogP contribution in [0.1, 0.15) is 31.9 Å². The first-order chi connectivity index (χ1) is 14.3. The van der Waals surface area contributed by atoms with Crippen LogP contribution in [0.15, 0.2) is 54.6 Å². The van der Waals surface area contributed by atoms with Gasteiger partial charge in [0.1, 0.15) is 24.0 Å². The molecule has 7 nitrogen and oxygen atoms in total. The fraction of sp³-hybridized carbons (Fsp3) is 0.391. The molecule has 2 rings (SSSR count). The molecule has 0 radical (unpaired) electrons. The quantitative estimate of drug-likeness (QED) is 0.657. The van der Waals surface area contributed by atoms with Crippen LogP contribution in [-0.4, -0.2) is 37.4 Å². The lowest BCUT2D eigenvalue weighted by molar-refractivity contribution is -0.124. The molecule has 0 unspecified atom stereocenters. The Morgan fingerprint density at radius 3 is 2.23 bits per heavy atom.